The second-order valence-electron chi connectivity index (χ2n) is 5.65. The highest BCUT2D eigenvalue weighted by Crippen LogP contribution is 2.31. The lowest BCUT2D eigenvalue weighted by Gasteiger charge is -2.23. The molecule has 0 bridgehead atoms. The molecular weight excluding hydrogens is 284 g/mol. The number of rotatable bonds is 5. The van der Waals surface area contributed by atoms with Gasteiger partial charge in [0, 0.05) is 13.0 Å². The smallest absolute Gasteiger partial charge is 0.325 e. The van der Waals surface area contributed by atoms with E-state index in [1.165, 1.54) is 6.92 Å². The van der Waals surface area contributed by atoms with E-state index in [0.717, 1.165) is 16.2 Å². The SMILES string of the molecule is COc1ccc(C2(C)NC(=O)N(CCC(C)=O)C2=O)cc1C. The number of hydrogen-bond donors (Lipinski definition) is 1. The molecule has 0 radical (unpaired) electrons. The van der Waals surface area contributed by atoms with Crippen LogP contribution < -0.4 is 10.1 Å². The van der Waals surface area contributed by atoms with E-state index in [1.807, 2.05) is 13.0 Å². The summed E-state index contributed by atoms with van der Waals surface area (Å²) in [6.45, 7) is 5.08. The van der Waals surface area contributed by atoms with Crippen molar-refractivity contribution < 1.29 is 19.1 Å². The molecule has 2 rings (SSSR count). The normalized spacial score (nSPS) is 21.0. The van der Waals surface area contributed by atoms with Crippen molar-refractivity contribution in [3.05, 3.63) is 29.3 Å². The van der Waals surface area contributed by atoms with Crippen LogP contribution in [-0.2, 0) is 15.1 Å². The van der Waals surface area contributed by atoms with E-state index in [0.29, 0.717) is 5.56 Å². The Bertz CT molecular complexity index is 641. The average Bonchev–Trinajstić information content (AvgIpc) is 2.68. The fourth-order valence-electron chi connectivity index (χ4n) is 2.55. The Morgan fingerprint density at radius 2 is 2.05 bits per heavy atom. The van der Waals surface area contributed by atoms with Gasteiger partial charge in [-0.15, -0.1) is 0 Å². The Kier molecular flexibility index (Phi) is 4.21. The maximum atomic E-state index is 12.6. The van der Waals surface area contributed by atoms with Gasteiger partial charge in [-0.3, -0.25) is 14.5 Å². The molecule has 0 aromatic heterocycles. The topological polar surface area (TPSA) is 75.7 Å². The van der Waals surface area contributed by atoms with E-state index in [-0.39, 0.29) is 24.7 Å². The van der Waals surface area contributed by atoms with Crippen molar-refractivity contribution in [2.45, 2.75) is 32.7 Å². The van der Waals surface area contributed by atoms with E-state index in [9.17, 15) is 14.4 Å². The van der Waals surface area contributed by atoms with Crippen molar-refractivity contribution >= 4 is 17.7 Å². The maximum absolute atomic E-state index is 12.6. The van der Waals surface area contributed by atoms with Crippen LogP contribution in [0.5, 0.6) is 5.75 Å². The van der Waals surface area contributed by atoms with E-state index in [4.69, 9.17) is 4.74 Å². The molecule has 1 unspecified atom stereocenters. The first-order valence-corrected chi connectivity index (χ1v) is 7.08. The van der Waals surface area contributed by atoms with Crippen molar-refractivity contribution in [3.8, 4) is 5.75 Å². The molecule has 0 spiro atoms. The monoisotopic (exact) mass is 304 g/mol. The van der Waals surface area contributed by atoms with Crippen LogP contribution in [0.15, 0.2) is 18.2 Å². The molecule has 6 heteroatoms. The minimum Gasteiger partial charge on any atom is -0.496 e. The van der Waals surface area contributed by atoms with Crippen LogP contribution in [0.1, 0.15) is 31.4 Å². The minimum absolute atomic E-state index is 0.0607. The summed E-state index contributed by atoms with van der Waals surface area (Å²) in [5.41, 5.74) is 0.449. The molecule has 1 N–H and O–H groups in total. The molecular formula is C16H20N2O4. The predicted octanol–water partition coefficient (Wildman–Crippen LogP) is 1.75. The summed E-state index contributed by atoms with van der Waals surface area (Å²) < 4.78 is 5.21. The molecule has 1 aromatic rings. The molecule has 6 nitrogen and oxygen atoms in total. The molecule has 1 aliphatic heterocycles. The number of aryl methyl sites for hydroxylation is 1. The zero-order valence-electron chi connectivity index (χ0n) is 13.2. The number of methoxy groups -OCH3 is 1. The van der Waals surface area contributed by atoms with E-state index in [2.05, 4.69) is 5.32 Å². The quantitative estimate of drug-likeness (QED) is 0.841. The fourth-order valence-corrected chi connectivity index (χ4v) is 2.55. The summed E-state index contributed by atoms with van der Waals surface area (Å²) >= 11 is 0. The molecule has 118 valence electrons. The number of carbonyl (C=O) groups excluding carboxylic acids is 3. The highest BCUT2D eigenvalue weighted by Gasteiger charge is 2.48. The molecule has 3 amide bonds. The Hall–Kier alpha value is -2.37. The number of hydrogen-bond acceptors (Lipinski definition) is 4. The highest BCUT2D eigenvalue weighted by atomic mass is 16.5. The standard InChI is InChI=1S/C16H20N2O4/c1-10-9-12(5-6-13(10)22-4)16(3)14(20)18(15(21)17-16)8-7-11(2)19/h5-6,9H,7-8H2,1-4H3,(H,17,21). The van der Waals surface area contributed by atoms with Crippen molar-refractivity contribution in [1.82, 2.24) is 10.2 Å². The van der Waals surface area contributed by atoms with Gasteiger partial charge in [0.2, 0.25) is 0 Å². The number of nitrogens with zero attached hydrogens (tertiary/aromatic N) is 1. The third-order valence-electron chi connectivity index (χ3n) is 3.93. The van der Waals surface area contributed by atoms with Crippen LogP contribution in [-0.4, -0.2) is 36.3 Å². The fraction of sp³-hybridized carbons (Fsp3) is 0.438. The number of benzene rings is 1. The van der Waals surface area contributed by atoms with Gasteiger partial charge in [0.05, 0.1) is 7.11 Å². The van der Waals surface area contributed by atoms with Gasteiger partial charge in [-0.05, 0) is 44.0 Å². The lowest BCUT2D eigenvalue weighted by atomic mass is 9.90. The van der Waals surface area contributed by atoms with E-state index < -0.39 is 11.6 Å². The Morgan fingerprint density at radius 3 is 2.59 bits per heavy atom. The first-order valence-electron chi connectivity index (χ1n) is 7.08. The lowest BCUT2D eigenvalue weighted by Crippen LogP contribution is -2.41. The molecule has 0 saturated carbocycles. The third-order valence-corrected chi connectivity index (χ3v) is 3.93. The molecule has 1 heterocycles. The van der Waals surface area contributed by atoms with Gasteiger partial charge < -0.3 is 10.1 Å². The Balaban J connectivity index is 2.30. The van der Waals surface area contributed by atoms with Crippen molar-refractivity contribution in [2.24, 2.45) is 0 Å². The molecule has 0 aliphatic carbocycles. The molecule has 22 heavy (non-hydrogen) atoms. The van der Waals surface area contributed by atoms with Crippen LogP contribution in [0.4, 0.5) is 4.79 Å². The third kappa shape index (κ3) is 2.68. The van der Waals surface area contributed by atoms with Gasteiger partial charge in [-0.25, -0.2) is 4.79 Å². The van der Waals surface area contributed by atoms with Crippen LogP contribution in [0.25, 0.3) is 0 Å². The number of Topliss-reactive ketones (excluding diaryl/α,β-unsaturated/α-hetero) is 1. The average molecular weight is 304 g/mol. The number of urea groups is 1. The largest absolute Gasteiger partial charge is 0.496 e. The lowest BCUT2D eigenvalue weighted by molar-refractivity contribution is -0.131. The predicted molar refractivity (Wildman–Crippen MR) is 80.6 cm³/mol. The summed E-state index contributed by atoms with van der Waals surface area (Å²) in [6, 6.07) is 4.89. The van der Waals surface area contributed by atoms with Gasteiger partial charge in [0.1, 0.15) is 17.1 Å². The van der Waals surface area contributed by atoms with Gasteiger partial charge >= 0.3 is 6.03 Å². The molecule has 1 fully saturated rings. The van der Waals surface area contributed by atoms with Crippen molar-refractivity contribution in [3.63, 3.8) is 0 Å². The number of imide groups is 1. The Morgan fingerprint density at radius 1 is 1.36 bits per heavy atom. The second-order valence-corrected chi connectivity index (χ2v) is 5.65. The van der Waals surface area contributed by atoms with Crippen molar-refractivity contribution in [1.29, 1.82) is 0 Å². The number of nitrogens with one attached hydrogen (secondary N) is 1. The van der Waals surface area contributed by atoms with Gasteiger partial charge in [-0.2, -0.15) is 0 Å². The van der Waals surface area contributed by atoms with Gasteiger partial charge in [0.25, 0.3) is 5.91 Å². The Labute approximate surface area is 129 Å². The number of carbonyl (C=O) groups is 3. The summed E-state index contributed by atoms with van der Waals surface area (Å²) in [6.07, 6.45) is 0.164. The number of ether oxygens (including phenoxy) is 1. The molecule has 1 aromatic carbocycles. The minimum atomic E-state index is -1.12. The van der Waals surface area contributed by atoms with E-state index in [1.54, 1.807) is 26.2 Å². The summed E-state index contributed by atoms with van der Waals surface area (Å²) in [4.78, 5) is 36.8. The summed E-state index contributed by atoms with van der Waals surface area (Å²) in [7, 11) is 1.58. The first-order chi connectivity index (χ1) is 10.3. The van der Waals surface area contributed by atoms with Crippen LogP contribution in [0.3, 0.4) is 0 Å². The van der Waals surface area contributed by atoms with Crippen LogP contribution in [0.2, 0.25) is 0 Å². The van der Waals surface area contributed by atoms with Crippen LogP contribution in [0, 0.1) is 6.92 Å². The van der Waals surface area contributed by atoms with Gasteiger partial charge in [0.15, 0.2) is 0 Å². The highest BCUT2D eigenvalue weighted by molar-refractivity contribution is 6.07. The zero-order chi connectivity index (χ0) is 16.5. The summed E-state index contributed by atoms with van der Waals surface area (Å²) in [5.74, 6) is 0.315. The van der Waals surface area contributed by atoms with Crippen molar-refractivity contribution in [2.75, 3.05) is 13.7 Å². The molecule has 1 aliphatic rings. The zero-order valence-corrected chi connectivity index (χ0v) is 13.2. The maximum Gasteiger partial charge on any atom is 0.325 e. The molecule has 1 atom stereocenters. The first kappa shape index (κ1) is 16.0. The summed E-state index contributed by atoms with van der Waals surface area (Å²) in [5, 5.41) is 2.72. The molecule has 1 saturated heterocycles. The van der Waals surface area contributed by atoms with Crippen LogP contribution >= 0.6 is 0 Å². The van der Waals surface area contributed by atoms with E-state index >= 15 is 0 Å². The second kappa shape index (κ2) is 5.79. The number of ketones is 1. The number of amides is 3. The van der Waals surface area contributed by atoms with Gasteiger partial charge in [-0.1, -0.05) is 6.07 Å².